The summed E-state index contributed by atoms with van der Waals surface area (Å²) in [7, 11) is 0. The molecule has 3 nitrogen and oxygen atoms in total. The van der Waals surface area contributed by atoms with E-state index in [4.69, 9.17) is 5.11 Å². The van der Waals surface area contributed by atoms with Crippen molar-refractivity contribution in [1.29, 1.82) is 0 Å². The Balaban J connectivity index is 1.99. The first kappa shape index (κ1) is 16.4. The quantitative estimate of drug-likeness (QED) is 0.897. The van der Waals surface area contributed by atoms with Crippen LogP contribution in [-0.4, -0.2) is 42.0 Å². The molecule has 1 unspecified atom stereocenters. The van der Waals surface area contributed by atoms with Crippen LogP contribution in [0.5, 0.6) is 0 Å². The second-order valence-electron chi connectivity index (χ2n) is 5.76. The van der Waals surface area contributed by atoms with Gasteiger partial charge in [0.1, 0.15) is 0 Å². The van der Waals surface area contributed by atoms with Gasteiger partial charge in [-0.15, -0.1) is 11.3 Å². The van der Waals surface area contributed by atoms with Crippen molar-refractivity contribution in [2.75, 3.05) is 19.6 Å². The second-order valence-corrected chi connectivity index (χ2v) is 6.67. The number of hydrogen-bond donors (Lipinski definition) is 1. The first-order valence-electron chi connectivity index (χ1n) is 7.22. The lowest BCUT2D eigenvalue weighted by atomic mass is 9.83. The average molecular weight is 317 g/mol. The molecule has 21 heavy (non-hydrogen) atoms. The predicted octanol–water partition coefficient (Wildman–Crippen LogP) is 3.84. The van der Waals surface area contributed by atoms with Crippen molar-refractivity contribution in [3.05, 3.63) is 21.4 Å². The molecule has 0 spiro atoms. The fourth-order valence-electron chi connectivity index (χ4n) is 3.14. The molecule has 0 saturated carbocycles. The summed E-state index contributed by atoms with van der Waals surface area (Å²) < 4.78 is 24.8. The van der Waals surface area contributed by atoms with Crippen molar-refractivity contribution in [1.82, 2.24) is 4.90 Å². The minimum atomic E-state index is -2.27. The molecule has 1 atom stereocenters. The molecule has 2 heterocycles. The van der Waals surface area contributed by atoms with E-state index in [0.717, 1.165) is 23.3 Å². The summed E-state index contributed by atoms with van der Waals surface area (Å²) in [5, 5.41) is 10.8. The van der Waals surface area contributed by atoms with Crippen molar-refractivity contribution in [2.24, 2.45) is 5.92 Å². The molecule has 2 rings (SSSR count). The van der Waals surface area contributed by atoms with Crippen LogP contribution in [0.4, 0.5) is 8.78 Å². The molecule has 0 aromatic carbocycles. The fraction of sp³-hybridized carbons (Fsp3) is 0.667. The molecule has 118 valence electrons. The number of carboxylic acids is 1. The Kier molecular flexibility index (Phi) is 5.32. The maximum atomic E-state index is 12.4. The molecule has 1 fully saturated rings. The number of rotatable bonds is 5. The van der Waals surface area contributed by atoms with Crippen LogP contribution < -0.4 is 0 Å². The van der Waals surface area contributed by atoms with Gasteiger partial charge in [0.05, 0.1) is 12.1 Å². The molecule has 1 aliphatic rings. The van der Waals surface area contributed by atoms with Crippen LogP contribution in [0.25, 0.3) is 0 Å². The van der Waals surface area contributed by atoms with Crippen LogP contribution in [0.2, 0.25) is 0 Å². The van der Waals surface area contributed by atoms with Crippen LogP contribution in [0, 0.1) is 12.8 Å². The molecule has 0 bridgehead atoms. The lowest BCUT2D eigenvalue weighted by Gasteiger charge is -2.34. The molecule has 0 amide bonds. The first-order valence-corrected chi connectivity index (χ1v) is 8.10. The largest absolute Gasteiger partial charge is 0.478 e. The normalized spacial score (nSPS) is 19.1. The third kappa shape index (κ3) is 3.80. The molecule has 1 aromatic heterocycles. The number of carbonyl (C=O) groups is 1. The van der Waals surface area contributed by atoms with Gasteiger partial charge < -0.3 is 5.11 Å². The summed E-state index contributed by atoms with van der Waals surface area (Å²) in [4.78, 5) is 14.1. The van der Waals surface area contributed by atoms with E-state index in [1.165, 1.54) is 11.3 Å². The number of thiophene rings is 1. The Morgan fingerprint density at radius 1 is 1.48 bits per heavy atom. The zero-order chi connectivity index (χ0) is 15.6. The van der Waals surface area contributed by atoms with Gasteiger partial charge in [-0.25, -0.2) is 13.6 Å². The number of carboxylic acid groups (broad SMARTS) is 1. The van der Waals surface area contributed by atoms with Gasteiger partial charge in [0.25, 0.3) is 6.43 Å². The van der Waals surface area contributed by atoms with Gasteiger partial charge in [0, 0.05) is 10.3 Å². The zero-order valence-electron chi connectivity index (χ0n) is 12.3. The van der Waals surface area contributed by atoms with E-state index in [0.29, 0.717) is 24.6 Å². The van der Waals surface area contributed by atoms with Crippen molar-refractivity contribution >= 4 is 17.3 Å². The van der Waals surface area contributed by atoms with Gasteiger partial charge in [-0.3, -0.25) is 4.90 Å². The van der Waals surface area contributed by atoms with Crippen molar-refractivity contribution in [3.8, 4) is 0 Å². The van der Waals surface area contributed by atoms with Gasteiger partial charge in [0.15, 0.2) is 0 Å². The highest BCUT2D eigenvalue weighted by molar-refractivity contribution is 7.10. The molecule has 1 N–H and O–H groups in total. The van der Waals surface area contributed by atoms with Crippen molar-refractivity contribution < 1.29 is 18.7 Å². The molecule has 1 aromatic rings. The lowest BCUT2D eigenvalue weighted by molar-refractivity contribution is 0.0666. The van der Waals surface area contributed by atoms with Gasteiger partial charge >= 0.3 is 5.97 Å². The Hall–Kier alpha value is -1.01. The van der Waals surface area contributed by atoms with Gasteiger partial charge in [-0.2, -0.15) is 0 Å². The molecule has 0 aliphatic carbocycles. The average Bonchev–Trinajstić information content (AvgIpc) is 2.80. The van der Waals surface area contributed by atoms with Gasteiger partial charge in [-0.05, 0) is 50.3 Å². The van der Waals surface area contributed by atoms with E-state index in [-0.39, 0.29) is 12.5 Å². The van der Waals surface area contributed by atoms with E-state index in [9.17, 15) is 13.6 Å². The standard InChI is InChI=1S/C15H21F2NO2S/c1-9(14-10(2)12(8-21-14)15(19)20)11-3-5-18(6-4-11)7-13(16)17/h8-9,11,13H,3-7H2,1-2H3,(H,19,20). The molecular weight excluding hydrogens is 296 g/mol. The van der Waals surface area contributed by atoms with Crippen molar-refractivity contribution in [3.63, 3.8) is 0 Å². The molecule has 0 radical (unpaired) electrons. The van der Waals surface area contributed by atoms with Gasteiger partial charge in [0.2, 0.25) is 0 Å². The predicted molar refractivity (Wildman–Crippen MR) is 79.6 cm³/mol. The van der Waals surface area contributed by atoms with E-state index >= 15 is 0 Å². The minimum absolute atomic E-state index is 0.137. The SMILES string of the molecule is Cc1c(C(=O)O)csc1C(C)C1CCN(CC(F)F)CC1. The molecular formula is C15H21F2NO2S. The Morgan fingerprint density at radius 3 is 2.57 bits per heavy atom. The Labute approximate surface area is 127 Å². The topological polar surface area (TPSA) is 40.5 Å². The van der Waals surface area contributed by atoms with Crippen LogP contribution >= 0.6 is 11.3 Å². The summed E-state index contributed by atoms with van der Waals surface area (Å²) in [6.07, 6.45) is -0.474. The minimum Gasteiger partial charge on any atom is -0.478 e. The van der Waals surface area contributed by atoms with E-state index in [1.807, 2.05) is 11.8 Å². The van der Waals surface area contributed by atoms with Crippen LogP contribution in [0.1, 0.15) is 46.5 Å². The highest BCUT2D eigenvalue weighted by atomic mass is 32.1. The van der Waals surface area contributed by atoms with Crippen LogP contribution in [0.3, 0.4) is 0 Å². The van der Waals surface area contributed by atoms with E-state index < -0.39 is 12.4 Å². The number of nitrogens with zero attached hydrogens (tertiary/aromatic N) is 1. The number of aromatic carboxylic acids is 1. The number of likely N-dealkylation sites (tertiary alicyclic amines) is 1. The number of alkyl halides is 2. The highest BCUT2D eigenvalue weighted by Crippen LogP contribution is 2.38. The molecule has 6 heteroatoms. The summed E-state index contributed by atoms with van der Waals surface area (Å²) in [6, 6.07) is 0. The lowest BCUT2D eigenvalue weighted by Crippen LogP contribution is -2.38. The summed E-state index contributed by atoms with van der Waals surface area (Å²) in [6.45, 7) is 5.25. The highest BCUT2D eigenvalue weighted by Gasteiger charge is 2.28. The summed E-state index contributed by atoms with van der Waals surface area (Å²) in [5.74, 6) is -0.149. The number of piperidine rings is 1. The first-order chi connectivity index (χ1) is 9.90. The Bertz CT molecular complexity index is 496. The van der Waals surface area contributed by atoms with E-state index in [1.54, 1.807) is 5.38 Å². The molecule has 1 saturated heterocycles. The maximum absolute atomic E-state index is 12.4. The molecule has 1 aliphatic heterocycles. The van der Waals surface area contributed by atoms with Crippen molar-refractivity contribution in [2.45, 2.75) is 39.0 Å². The summed E-state index contributed by atoms with van der Waals surface area (Å²) in [5.41, 5.74) is 1.24. The van der Waals surface area contributed by atoms with Crippen LogP contribution in [0.15, 0.2) is 5.38 Å². The smallest absolute Gasteiger partial charge is 0.336 e. The van der Waals surface area contributed by atoms with E-state index in [2.05, 4.69) is 6.92 Å². The number of hydrogen-bond acceptors (Lipinski definition) is 3. The van der Waals surface area contributed by atoms with Gasteiger partial charge in [-0.1, -0.05) is 6.92 Å². The third-order valence-corrected chi connectivity index (χ3v) is 5.74. The monoisotopic (exact) mass is 317 g/mol. The van der Waals surface area contributed by atoms with Crippen LogP contribution in [-0.2, 0) is 0 Å². The maximum Gasteiger partial charge on any atom is 0.336 e. The zero-order valence-corrected chi connectivity index (χ0v) is 13.1. The fourth-order valence-corrected chi connectivity index (χ4v) is 4.35. The Morgan fingerprint density at radius 2 is 2.10 bits per heavy atom. The summed E-state index contributed by atoms with van der Waals surface area (Å²) >= 11 is 1.50. The second kappa shape index (κ2) is 6.83. The third-order valence-electron chi connectivity index (χ3n) is 4.46. The number of halogens is 2.